The zero-order chi connectivity index (χ0) is 13.5. The fourth-order valence-corrected chi connectivity index (χ4v) is 1.23. The lowest BCUT2D eigenvalue weighted by Gasteiger charge is -2.28. The molecule has 4 nitrogen and oxygen atoms in total. The Bertz CT molecular complexity index is 245. The molecule has 0 saturated heterocycles. The number of unbranched alkanes of at least 4 members (excludes halogenated alkanes) is 3. The number of halogens is 3. The summed E-state index contributed by atoms with van der Waals surface area (Å²) in [7, 11) is 0. The maximum absolute atomic E-state index is 12.5. The maximum Gasteiger partial charge on any atom is 0.417 e. The van der Waals surface area contributed by atoms with Gasteiger partial charge in [0.25, 0.3) is 0 Å². The van der Waals surface area contributed by atoms with Gasteiger partial charge in [0.2, 0.25) is 5.54 Å². The molecule has 0 fully saturated rings. The van der Waals surface area contributed by atoms with E-state index in [2.05, 4.69) is 0 Å². The molecule has 1 unspecified atom stereocenters. The van der Waals surface area contributed by atoms with Gasteiger partial charge in [0.05, 0.1) is 0 Å². The molecule has 0 aromatic heterocycles. The molecule has 7 heteroatoms. The molecule has 1 atom stereocenters. The van der Waals surface area contributed by atoms with E-state index in [1.54, 1.807) is 0 Å². The quantitative estimate of drug-likeness (QED) is 0.577. The predicted octanol–water partition coefficient (Wildman–Crippen LogP) is 1.53. The summed E-state index contributed by atoms with van der Waals surface area (Å²) >= 11 is 0. The highest BCUT2D eigenvalue weighted by atomic mass is 19.4. The van der Waals surface area contributed by atoms with Crippen molar-refractivity contribution in [3.8, 4) is 0 Å². The Hall–Kier alpha value is -0.820. The Morgan fingerprint density at radius 3 is 2.12 bits per heavy atom. The van der Waals surface area contributed by atoms with Crippen LogP contribution in [0.2, 0.25) is 0 Å². The van der Waals surface area contributed by atoms with Crippen LogP contribution in [0.1, 0.15) is 32.6 Å². The number of carbonyl (C=O) groups is 1. The number of hydrogen-bond acceptors (Lipinski definition) is 3. The van der Waals surface area contributed by atoms with Gasteiger partial charge in [0, 0.05) is 6.61 Å². The van der Waals surface area contributed by atoms with Crippen LogP contribution in [0.5, 0.6) is 0 Å². The summed E-state index contributed by atoms with van der Waals surface area (Å²) < 4.78 is 37.5. The first-order valence-electron chi connectivity index (χ1n) is 5.41. The number of carboxylic acid groups (broad SMARTS) is 1. The van der Waals surface area contributed by atoms with Crippen molar-refractivity contribution in [3.05, 3.63) is 0 Å². The summed E-state index contributed by atoms with van der Waals surface area (Å²) in [4.78, 5) is 10.6. The van der Waals surface area contributed by atoms with Crippen LogP contribution in [0.15, 0.2) is 0 Å². The Labute approximate surface area is 97.8 Å². The molecule has 0 radical (unpaired) electrons. The number of aliphatic hydroxyl groups excluding tert-OH is 1. The monoisotopic (exact) mass is 257 g/mol. The van der Waals surface area contributed by atoms with Gasteiger partial charge in [-0.1, -0.05) is 12.8 Å². The number of aliphatic carboxylic acids is 1. The molecule has 102 valence electrons. The summed E-state index contributed by atoms with van der Waals surface area (Å²) in [5.74, 6) is -1.93. The van der Waals surface area contributed by atoms with Gasteiger partial charge in [-0.3, -0.25) is 5.32 Å². The summed E-state index contributed by atoms with van der Waals surface area (Å²) in [6.07, 6.45) is -2.41. The van der Waals surface area contributed by atoms with E-state index in [0.29, 0.717) is 32.6 Å². The van der Waals surface area contributed by atoms with Gasteiger partial charge < -0.3 is 10.2 Å². The second kappa shape index (κ2) is 6.80. The van der Waals surface area contributed by atoms with E-state index in [0.717, 1.165) is 0 Å². The van der Waals surface area contributed by atoms with Crippen LogP contribution in [0.4, 0.5) is 13.2 Å². The minimum Gasteiger partial charge on any atom is -0.480 e. The topological polar surface area (TPSA) is 69.6 Å². The minimum absolute atomic E-state index is 0.0201. The molecule has 0 aliphatic heterocycles. The fourth-order valence-electron chi connectivity index (χ4n) is 1.23. The Morgan fingerprint density at radius 2 is 1.71 bits per heavy atom. The van der Waals surface area contributed by atoms with Gasteiger partial charge in [0.15, 0.2) is 0 Å². The average molecular weight is 257 g/mol. The van der Waals surface area contributed by atoms with Gasteiger partial charge in [-0.15, -0.1) is 0 Å². The van der Waals surface area contributed by atoms with Crippen LogP contribution in [0, 0.1) is 0 Å². The van der Waals surface area contributed by atoms with Gasteiger partial charge in [-0.25, -0.2) is 4.79 Å². The number of hydrogen-bond donors (Lipinski definition) is 3. The summed E-state index contributed by atoms with van der Waals surface area (Å²) in [6.45, 7) is 0.652. The first kappa shape index (κ1) is 16.2. The first-order valence-corrected chi connectivity index (χ1v) is 5.41. The smallest absolute Gasteiger partial charge is 0.417 e. The standard InChI is InChI=1S/C10H18F3NO3/c1-9(8(16)17,10(11,12)13)14-6-4-2-3-5-7-15/h14-15H,2-7H2,1H3,(H,16,17). The lowest BCUT2D eigenvalue weighted by molar-refractivity contribution is -0.205. The van der Waals surface area contributed by atoms with E-state index in [9.17, 15) is 18.0 Å². The molecular formula is C10H18F3NO3. The Morgan fingerprint density at radius 1 is 1.18 bits per heavy atom. The van der Waals surface area contributed by atoms with Crippen LogP contribution in [0.3, 0.4) is 0 Å². The second-order valence-electron chi connectivity index (χ2n) is 3.99. The Kier molecular flexibility index (Phi) is 6.48. The Balaban J connectivity index is 4.09. The van der Waals surface area contributed by atoms with Crippen LogP contribution in [-0.2, 0) is 4.79 Å². The third-order valence-corrected chi connectivity index (χ3v) is 2.56. The van der Waals surface area contributed by atoms with E-state index in [4.69, 9.17) is 10.2 Å². The van der Waals surface area contributed by atoms with Gasteiger partial charge in [0.1, 0.15) is 0 Å². The van der Waals surface area contributed by atoms with Crippen molar-refractivity contribution in [2.45, 2.75) is 44.3 Å². The van der Waals surface area contributed by atoms with E-state index < -0.39 is 17.7 Å². The minimum atomic E-state index is -4.83. The first-order chi connectivity index (χ1) is 7.75. The predicted molar refractivity (Wildman–Crippen MR) is 55.7 cm³/mol. The highest BCUT2D eigenvalue weighted by molar-refractivity contribution is 5.79. The molecule has 0 heterocycles. The number of alkyl halides is 3. The van der Waals surface area contributed by atoms with Crippen molar-refractivity contribution < 1.29 is 28.2 Å². The highest BCUT2D eigenvalue weighted by Crippen LogP contribution is 2.30. The lowest BCUT2D eigenvalue weighted by Crippen LogP contribution is -2.60. The van der Waals surface area contributed by atoms with Crippen LogP contribution in [0.25, 0.3) is 0 Å². The highest BCUT2D eigenvalue weighted by Gasteiger charge is 2.56. The van der Waals surface area contributed by atoms with E-state index >= 15 is 0 Å². The van der Waals surface area contributed by atoms with E-state index in [1.165, 1.54) is 0 Å². The SMILES string of the molecule is CC(NCCCCCCO)(C(=O)O)C(F)(F)F. The second-order valence-corrected chi connectivity index (χ2v) is 3.99. The molecule has 17 heavy (non-hydrogen) atoms. The number of nitrogens with one attached hydrogen (secondary N) is 1. The van der Waals surface area contributed by atoms with Crippen molar-refractivity contribution in [2.24, 2.45) is 0 Å². The van der Waals surface area contributed by atoms with Crippen LogP contribution < -0.4 is 5.32 Å². The molecule has 0 spiro atoms. The molecule has 0 bridgehead atoms. The van der Waals surface area contributed by atoms with Crippen molar-refractivity contribution in [3.63, 3.8) is 0 Å². The number of carboxylic acids is 1. The van der Waals surface area contributed by atoms with E-state index in [-0.39, 0.29) is 13.2 Å². The number of aliphatic hydroxyl groups is 1. The van der Waals surface area contributed by atoms with Crippen molar-refractivity contribution in [1.29, 1.82) is 0 Å². The molecule has 0 amide bonds. The van der Waals surface area contributed by atoms with Crippen LogP contribution >= 0.6 is 0 Å². The number of rotatable bonds is 8. The third kappa shape index (κ3) is 4.91. The third-order valence-electron chi connectivity index (χ3n) is 2.56. The largest absolute Gasteiger partial charge is 0.480 e. The molecule has 0 aromatic carbocycles. The molecular weight excluding hydrogens is 239 g/mol. The maximum atomic E-state index is 12.5. The van der Waals surface area contributed by atoms with Gasteiger partial charge in [-0.05, 0) is 26.3 Å². The normalized spacial score (nSPS) is 15.6. The molecule has 0 aromatic rings. The molecule has 0 aliphatic carbocycles. The molecule has 3 N–H and O–H groups in total. The lowest BCUT2D eigenvalue weighted by atomic mass is 10.0. The molecule has 0 saturated carbocycles. The van der Waals surface area contributed by atoms with Crippen molar-refractivity contribution in [2.75, 3.05) is 13.2 Å². The van der Waals surface area contributed by atoms with Crippen molar-refractivity contribution in [1.82, 2.24) is 5.32 Å². The molecule has 0 rings (SSSR count). The summed E-state index contributed by atoms with van der Waals surface area (Å²) in [5, 5.41) is 19.1. The van der Waals surface area contributed by atoms with Crippen molar-refractivity contribution >= 4 is 5.97 Å². The summed E-state index contributed by atoms with van der Waals surface area (Å²) in [6, 6.07) is 0. The molecule has 0 aliphatic rings. The summed E-state index contributed by atoms with van der Waals surface area (Å²) in [5.41, 5.74) is -2.90. The zero-order valence-electron chi connectivity index (χ0n) is 9.68. The average Bonchev–Trinajstić information content (AvgIpc) is 2.20. The zero-order valence-corrected chi connectivity index (χ0v) is 9.68. The van der Waals surface area contributed by atoms with Crippen LogP contribution in [-0.4, -0.2) is 41.0 Å². The fraction of sp³-hybridized carbons (Fsp3) is 0.900. The van der Waals surface area contributed by atoms with E-state index in [1.807, 2.05) is 5.32 Å². The van der Waals surface area contributed by atoms with Gasteiger partial charge >= 0.3 is 12.1 Å². The van der Waals surface area contributed by atoms with Gasteiger partial charge in [-0.2, -0.15) is 13.2 Å².